The van der Waals surface area contributed by atoms with Crippen LogP contribution >= 0.6 is 0 Å². The fourth-order valence-electron chi connectivity index (χ4n) is 3.63. The van der Waals surface area contributed by atoms with E-state index < -0.39 is 0 Å². The van der Waals surface area contributed by atoms with E-state index in [-0.39, 0.29) is 24.3 Å². The Bertz CT molecular complexity index is 955. The van der Waals surface area contributed by atoms with E-state index in [0.717, 1.165) is 11.3 Å². The van der Waals surface area contributed by atoms with Crippen molar-refractivity contribution < 1.29 is 19.1 Å². The van der Waals surface area contributed by atoms with Gasteiger partial charge in [0.2, 0.25) is 11.8 Å². The standard InChI is InChI=1S/C24H30N4O4/c1-3-25-24(31)19-7-5-8-20(16-19)26-22(29)17-27-10-12-28(13-11-27)23(30)15-18-6-4-9-21(14-18)32-2/h4-9,14,16H,3,10-13,15,17H2,1-2H3,(H,25,31)(H,26,29). The third kappa shape index (κ3) is 6.55. The number of rotatable bonds is 8. The molecular weight excluding hydrogens is 408 g/mol. The van der Waals surface area contributed by atoms with Crippen LogP contribution in [0.3, 0.4) is 0 Å². The maximum atomic E-state index is 12.6. The molecule has 3 amide bonds. The fraction of sp³-hybridized carbons (Fsp3) is 0.375. The predicted molar refractivity (Wildman–Crippen MR) is 123 cm³/mol. The molecule has 0 radical (unpaired) electrons. The topological polar surface area (TPSA) is 91.0 Å². The van der Waals surface area contributed by atoms with E-state index in [4.69, 9.17) is 4.74 Å². The Balaban J connectivity index is 1.45. The summed E-state index contributed by atoms with van der Waals surface area (Å²) in [5.74, 6) is 0.500. The Morgan fingerprint density at radius 2 is 1.75 bits per heavy atom. The molecular formula is C24H30N4O4. The molecule has 1 saturated heterocycles. The Kier molecular flexibility index (Phi) is 8.21. The van der Waals surface area contributed by atoms with E-state index in [0.29, 0.717) is 50.4 Å². The maximum absolute atomic E-state index is 12.6. The van der Waals surface area contributed by atoms with E-state index in [1.54, 1.807) is 31.4 Å². The van der Waals surface area contributed by atoms with Crippen LogP contribution in [-0.2, 0) is 16.0 Å². The number of hydrogen-bond acceptors (Lipinski definition) is 5. The average molecular weight is 439 g/mol. The molecule has 0 atom stereocenters. The summed E-state index contributed by atoms with van der Waals surface area (Å²) in [6.45, 7) is 5.08. The molecule has 2 N–H and O–H groups in total. The predicted octanol–water partition coefficient (Wildman–Crippen LogP) is 1.77. The van der Waals surface area contributed by atoms with Crippen LogP contribution in [0.2, 0.25) is 0 Å². The van der Waals surface area contributed by atoms with Crippen LogP contribution in [0.4, 0.5) is 5.69 Å². The third-order valence-corrected chi connectivity index (χ3v) is 5.33. The lowest BCUT2D eigenvalue weighted by Crippen LogP contribution is -2.50. The van der Waals surface area contributed by atoms with Gasteiger partial charge in [0, 0.05) is 44.0 Å². The summed E-state index contributed by atoms with van der Waals surface area (Å²) < 4.78 is 5.22. The monoisotopic (exact) mass is 438 g/mol. The van der Waals surface area contributed by atoms with Gasteiger partial charge in [0.1, 0.15) is 5.75 Å². The maximum Gasteiger partial charge on any atom is 0.251 e. The Labute approximate surface area is 188 Å². The zero-order valence-electron chi connectivity index (χ0n) is 18.6. The molecule has 1 aliphatic heterocycles. The lowest BCUT2D eigenvalue weighted by molar-refractivity contribution is -0.132. The second-order valence-corrected chi connectivity index (χ2v) is 7.67. The van der Waals surface area contributed by atoms with Crippen LogP contribution in [0.25, 0.3) is 0 Å². The number of carbonyl (C=O) groups is 3. The number of hydrogen-bond donors (Lipinski definition) is 2. The van der Waals surface area contributed by atoms with Crippen molar-refractivity contribution in [3.05, 3.63) is 59.7 Å². The first-order valence-corrected chi connectivity index (χ1v) is 10.8. The van der Waals surface area contributed by atoms with Gasteiger partial charge < -0.3 is 20.3 Å². The van der Waals surface area contributed by atoms with E-state index in [9.17, 15) is 14.4 Å². The smallest absolute Gasteiger partial charge is 0.251 e. The number of methoxy groups -OCH3 is 1. The highest BCUT2D eigenvalue weighted by atomic mass is 16.5. The third-order valence-electron chi connectivity index (χ3n) is 5.33. The molecule has 8 heteroatoms. The van der Waals surface area contributed by atoms with E-state index in [1.165, 1.54) is 0 Å². The Morgan fingerprint density at radius 1 is 1.00 bits per heavy atom. The van der Waals surface area contributed by atoms with Crippen LogP contribution in [0, 0.1) is 0 Å². The van der Waals surface area contributed by atoms with E-state index in [2.05, 4.69) is 10.6 Å². The number of amides is 3. The second-order valence-electron chi connectivity index (χ2n) is 7.67. The summed E-state index contributed by atoms with van der Waals surface area (Å²) in [7, 11) is 1.61. The van der Waals surface area contributed by atoms with Gasteiger partial charge in [-0.05, 0) is 42.8 Å². The molecule has 2 aromatic rings. The molecule has 0 aromatic heterocycles. The Hall–Kier alpha value is -3.39. The summed E-state index contributed by atoms with van der Waals surface area (Å²) in [4.78, 5) is 40.9. The lowest BCUT2D eigenvalue weighted by Gasteiger charge is -2.34. The minimum atomic E-state index is -0.168. The van der Waals surface area contributed by atoms with Crippen molar-refractivity contribution >= 4 is 23.4 Å². The number of ether oxygens (including phenoxy) is 1. The quantitative estimate of drug-likeness (QED) is 0.656. The fourth-order valence-corrected chi connectivity index (χ4v) is 3.63. The highest BCUT2D eigenvalue weighted by Gasteiger charge is 2.22. The number of piperazine rings is 1. The van der Waals surface area contributed by atoms with E-state index in [1.807, 2.05) is 41.0 Å². The second kappa shape index (κ2) is 11.3. The molecule has 0 aliphatic carbocycles. The van der Waals surface area contributed by atoms with Crippen LogP contribution in [0.5, 0.6) is 5.75 Å². The van der Waals surface area contributed by atoms with Crippen molar-refractivity contribution in [2.75, 3.05) is 51.7 Å². The van der Waals surface area contributed by atoms with Gasteiger partial charge in [-0.2, -0.15) is 0 Å². The zero-order valence-corrected chi connectivity index (χ0v) is 18.6. The van der Waals surface area contributed by atoms with Crippen LogP contribution < -0.4 is 15.4 Å². The van der Waals surface area contributed by atoms with Crippen molar-refractivity contribution in [2.24, 2.45) is 0 Å². The first-order chi connectivity index (χ1) is 15.5. The minimum Gasteiger partial charge on any atom is -0.497 e. The first kappa shape index (κ1) is 23.3. The van der Waals surface area contributed by atoms with Gasteiger partial charge in [0.15, 0.2) is 0 Å². The van der Waals surface area contributed by atoms with Crippen molar-refractivity contribution in [2.45, 2.75) is 13.3 Å². The lowest BCUT2D eigenvalue weighted by atomic mass is 10.1. The molecule has 0 bridgehead atoms. The van der Waals surface area contributed by atoms with Crippen molar-refractivity contribution in [3.63, 3.8) is 0 Å². The summed E-state index contributed by atoms with van der Waals surface area (Å²) in [5, 5.41) is 5.59. The molecule has 0 spiro atoms. The highest BCUT2D eigenvalue weighted by Crippen LogP contribution is 2.15. The number of nitrogens with zero attached hydrogens (tertiary/aromatic N) is 2. The van der Waals surface area contributed by atoms with Gasteiger partial charge in [0.25, 0.3) is 5.91 Å². The van der Waals surface area contributed by atoms with Gasteiger partial charge in [-0.1, -0.05) is 18.2 Å². The molecule has 8 nitrogen and oxygen atoms in total. The molecule has 170 valence electrons. The normalized spacial score (nSPS) is 14.0. The molecule has 32 heavy (non-hydrogen) atoms. The average Bonchev–Trinajstić information content (AvgIpc) is 2.80. The largest absolute Gasteiger partial charge is 0.497 e. The van der Waals surface area contributed by atoms with Crippen molar-refractivity contribution in [1.82, 2.24) is 15.1 Å². The molecule has 0 unspecified atom stereocenters. The molecule has 1 fully saturated rings. The first-order valence-electron chi connectivity index (χ1n) is 10.8. The van der Waals surface area contributed by atoms with Gasteiger partial charge in [-0.15, -0.1) is 0 Å². The minimum absolute atomic E-state index is 0.0736. The van der Waals surface area contributed by atoms with Crippen LogP contribution in [0.15, 0.2) is 48.5 Å². The SMILES string of the molecule is CCNC(=O)c1cccc(NC(=O)CN2CCN(C(=O)Cc3cccc(OC)c3)CC2)c1. The molecule has 1 heterocycles. The van der Waals surface area contributed by atoms with Gasteiger partial charge in [0.05, 0.1) is 20.1 Å². The van der Waals surface area contributed by atoms with Gasteiger partial charge >= 0.3 is 0 Å². The van der Waals surface area contributed by atoms with Crippen LogP contribution in [0.1, 0.15) is 22.8 Å². The van der Waals surface area contributed by atoms with Crippen LogP contribution in [-0.4, -0.2) is 73.9 Å². The summed E-state index contributed by atoms with van der Waals surface area (Å²) >= 11 is 0. The molecule has 0 saturated carbocycles. The molecule has 1 aliphatic rings. The van der Waals surface area contributed by atoms with Crippen molar-refractivity contribution in [1.29, 1.82) is 0 Å². The van der Waals surface area contributed by atoms with Gasteiger partial charge in [-0.3, -0.25) is 19.3 Å². The summed E-state index contributed by atoms with van der Waals surface area (Å²) in [6, 6.07) is 14.4. The number of carbonyl (C=O) groups excluding carboxylic acids is 3. The van der Waals surface area contributed by atoms with Crippen molar-refractivity contribution in [3.8, 4) is 5.75 Å². The number of benzene rings is 2. The molecule has 2 aromatic carbocycles. The van der Waals surface area contributed by atoms with Gasteiger partial charge in [-0.25, -0.2) is 0 Å². The number of nitrogens with one attached hydrogen (secondary N) is 2. The Morgan fingerprint density at radius 3 is 2.47 bits per heavy atom. The molecule has 3 rings (SSSR count). The summed E-state index contributed by atoms with van der Waals surface area (Å²) in [6.07, 6.45) is 0.333. The van der Waals surface area contributed by atoms with E-state index >= 15 is 0 Å². The zero-order chi connectivity index (χ0) is 22.9. The number of anilines is 1. The highest BCUT2D eigenvalue weighted by molar-refractivity contribution is 5.97. The summed E-state index contributed by atoms with van der Waals surface area (Å²) in [5.41, 5.74) is 2.02.